The standard InChI is InChI=1S/C13H15N3O/c1-16-7-9(8-16)10-4-2-3-5-11(10)12-6-13(14)15-17-12/h2-6,9H,7-8H2,1H3,(H2,14,15). The van der Waals surface area contributed by atoms with Gasteiger partial charge in [0.1, 0.15) is 0 Å². The van der Waals surface area contributed by atoms with Crippen molar-refractivity contribution in [3.63, 3.8) is 0 Å². The predicted octanol–water partition coefficient (Wildman–Crippen LogP) is 1.95. The first-order chi connectivity index (χ1) is 8.24. The van der Waals surface area contributed by atoms with Gasteiger partial charge in [-0.3, -0.25) is 0 Å². The van der Waals surface area contributed by atoms with Crippen LogP contribution in [-0.2, 0) is 0 Å². The molecule has 1 saturated heterocycles. The zero-order chi connectivity index (χ0) is 11.8. The van der Waals surface area contributed by atoms with E-state index in [1.165, 1.54) is 5.56 Å². The van der Waals surface area contributed by atoms with E-state index in [9.17, 15) is 0 Å². The van der Waals surface area contributed by atoms with E-state index >= 15 is 0 Å². The molecule has 88 valence electrons. The van der Waals surface area contributed by atoms with E-state index in [0.717, 1.165) is 24.4 Å². The summed E-state index contributed by atoms with van der Waals surface area (Å²) < 4.78 is 5.25. The van der Waals surface area contributed by atoms with Crippen molar-refractivity contribution in [2.24, 2.45) is 0 Å². The Hall–Kier alpha value is -1.81. The van der Waals surface area contributed by atoms with Crippen LogP contribution in [-0.4, -0.2) is 30.2 Å². The highest BCUT2D eigenvalue weighted by Crippen LogP contribution is 2.34. The van der Waals surface area contributed by atoms with Crippen LogP contribution in [0.25, 0.3) is 11.3 Å². The lowest BCUT2D eigenvalue weighted by atomic mass is 9.88. The Balaban J connectivity index is 1.99. The van der Waals surface area contributed by atoms with E-state index in [1.807, 2.05) is 6.07 Å². The number of likely N-dealkylation sites (tertiary alicyclic amines) is 1. The number of benzene rings is 1. The van der Waals surface area contributed by atoms with Gasteiger partial charge in [-0.1, -0.05) is 29.4 Å². The molecular formula is C13H15N3O. The number of nitrogens with two attached hydrogens (primary N) is 1. The Morgan fingerprint density at radius 1 is 1.35 bits per heavy atom. The van der Waals surface area contributed by atoms with Crippen LogP contribution in [0.1, 0.15) is 11.5 Å². The van der Waals surface area contributed by atoms with Crippen LogP contribution in [0, 0.1) is 0 Å². The molecule has 0 radical (unpaired) electrons. The Morgan fingerprint density at radius 2 is 2.12 bits per heavy atom. The van der Waals surface area contributed by atoms with Crippen LogP contribution in [0.4, 0.5) is 5.82 Å². The number of nitrogen functional groups attached to an aromatic ring is 1. The Morgan fingerprint density at radius 3 is 2.76 bits per heavy atom. The average Bonchev–Trinajstić information content (AvgIpc) is 2.72. The lowest BCUT2D eigenvalue weighted by Crippen LogP contribution is -2.41. The largest absolute Gasteiger partial charge is 0.381 e. The molecule has 1 aromatic heterocycles. The molecule has 17 heavy (non-hydrogen) atoms. The quantitative estimate of drug-likeness (QED) is 0.855. The second-order valence-corrected chi connectivity index (χ2v) is 4.62. The Labute approximate surface area is 100 Å². The van der Waals surface area contributed by atoms with E-state index in [-0.39, 0.29) is 0 Å². The topological polar surface area (TPSA) is 55.3 Å². The molecule has 1 aromatic carbocycles. The third-order valence-electron chi connectivity index (χ3n) is 3.26. The summed E-state index contributed by atoms with van der Waals surface area (Å²) in [4.78, 5) is 2.30. The zero-order valence-corrected chi connectivity index (χ0v) is 9.76. The molecule has 0 spiro atoms. The molecule has 0 bridgehead atoms. The van der Waals surface area contributed by atoms with Crippen molar-refractivity contribution in [3.05, 3.63) is 35.9 Å². The predicted molar refractivity (Wildman–Crippen MR) is 66.6 cm³/mol. The number of likely N-dealkylation sites (N-methyl/N-ethyl adjacent to an activating group) is 1. The number of hydrogen-bond donors (Lipinski definition) is 1. The number of rotatable bonds is 2. The Bertz CT molecular complexity index is 529. The highest BCUT2D eigenvalue weighted by atomic mass is 16.5. The zero-order valence-electron chi connectivity index (χ0n) is 9.76. The number of anilines is 1. The van der Waals surface area contributed by atoms with Crippen LogP contribution in [0.3, 0.4) is 0 Å². The van der Waals surface area contributed by atoms with Crippen molar-refractivity contribution in [2.75, 3.05) is 25.9 Å². The normalized spacial score (nSPS) is 17.0. The number of nitrogens with zero attached hydrogens (tertiary/aromatic N) is 2. The van der Waals surface area contributed by atoms with Crippen molar-refractivity contribution in [2.45, 2.75) is 5.92 Å². The van der Waals surface area contributed by atoms with Crippen LogP contribution < -0.4 is 5.73 Å². The SMILES string of the molecule is CN1CC(c2ccccc2-c2cc(N)no2)C1. The van der Waals surface area contributed by atoms with Gasteiger partial charge >= 0.3 is 0 Å². The van der Waals surface area contributed by atoms with Gasteiger partial charge in [-0.05, 0) is 12.6 Å². The van der Waals surface area contributed by atoms with Gasteiger partial charge in [0, 0.05) is 30.6 Å². The molecule has 1 aliphatic heterocycles. The monoisotopic (exact) mass is 229 g/mol. The van der Waals surface area contributed by atoms with Crippen molar-refractivity contribution < 1.29 is 4.52 Å². The molecule has 0 amide bonds. The van der Waals surface area contributed by atoms with E-state index in [0.29, 0.717) is 11.7 Å². The first-order valence-corrected chi connectivity index (χ1v) is 5.74. The van der Waals surface area contributed by atoms with Gasteiger partial charge in [0.15, 0.2) is 11.6 Å². The summed E-state index contributed by atoms with van der Waals surface area (Å²) in [6, 6.07) is 10.1. The van der Waals surface area contributed by atoms with Crippen LogP contribution in [0.15, 0.2) is 34.9 Å². The minimum atomic E-state index is 0.431. The molecule has 0 atom stereocenters. The van der Waals surface area contributed by atoms with Gasteiger partial charge in [-0.25, -0.2) is 0 Å². The summed E-state index contributed by atoms with van der Waals surface area (Å²) in [7, 11) is 2.13. The number of aromatic nitrogens is 1. The molecule has 0 aliphatic carbocycles. The van der Waals surface area contributed by atoms with Gasteiger partial charge < -0.3 is 15.2 Å². The van der Waals surface area contributed by atoms with Gasteiger partial charge in [0.25, 0.3) is 0 Å². The molecule has 0 saturated carbocycles. The van der Waals surface area contributed by atoms with Gasteiger partial charge in [-0.2, -0.15) is 0 Å². The average molecular weight is 229 g/mol. The fourth-order valence-corrected chi connectivity index (χ4v) is 2.39. The maximum Gasteiger partial charge on any atom is 0.169 e. The summed E-state index contributed by atoms with van der Waals surface area (Å²) in [6.07, 6.45) is 0. The fourth-order valence-electron chi connectivity index (χ4n) is 2.39. The Kier molecular flexibility index (Phi) is 2.37. The van der Waals surface area contributed by atoms with Gasteiger partial charge in [0.2, 0.25) is 0 Å². The molecule has 4 heteroatoms. The van der Waals surface area contributed by atoms with Gasteiger partial charge in [-0.15, -0.1) is 0 Å². The highest BCUT2D eigenvalue weighted by molar-refractivity contribution is 5.65. The first-order valence-electron chi connectivity index (χ1n) is 5.74. The summed E-state index contributed by atoms with van der Waals surface area (Å²) in [5.74, 6) is 1.77. The molecular weight excluding hydrogens is 214 g/mol. The molecule has 0 unspecified atom stereocenters. The summed E-state index contributed by atoms with van der Waals surface area (Å²) >= 11 is 0. The lowest BCUT2D eigenvalue weighted by molar-refractivity contribution is 0.190. The van der Waals surface area contributed by atoms with E-state index in [4.69, 9.17) is 10.3 Å². The minimum absolute atomic E-state index is 0.431. The fraction of sp³-hybridized carbons (Fsp3) is 0.308. The van der Waals surface area contributed by atoms with Crippen molar-refractivity contribution in [1.82, 2.24) is 10.1 Å². The minimum Gasteiger partial charge on any atom is -0.381 e. The van der Waals surface area contributed by atoms with Gasteiger partial charge in [0.05, 0.1) is 0 Å². The van der Waals surface area contributed by atoms with E-state index in [1.54, 1.807) is 6.07 Å². The second kappa shape index (κ2) is 3.89. The van der Waals surface area contributed by atoms with Crippen LogP contribution in [0.5, 0.6) is 0 Å². The molecule has 2 N–H and O–H groups in total. The number of hydrogen-bond acceptors (Lipinski definition) is 4. The van der Waals surface area contributed by atoms with E-state index < -0.39 is 0 Å². The third-order valence-corrected chi connectivity index (χ3v) is 3.26. The molecule has 4 nitrogen and oxygen atoms in total. The summed E-state index contributed by atoms with van der Waals surface area (Å²) in [6.45, 7) is 2.20. The highest BCUT2D eigenvalue weighted by Gasteiger charge is 2.27. The molecule has 1 fully saturated rings. The van der Waals surface area contributed by atoms with E-state index in [2.05, 4.69) is 35.3 Å². The first kappa shape index (κ1) is 10.4. The lowest BCUT2D eigenvalue weighted by Gasteiger charge is -2.37. The maximum absolute atomic E-state index is 5.60. The maximum atomic E-state index is 5.60. The van der Waals surface area contributed by atoms with Crippen molar-refractivity contribution in [1.29, 1.82) is 0 Å². The molecule has 1 aliphatic rings. The molecule has 2 aromatic rings. The van der Waals surface area contributed by atoms with Crippen molar-refractivity contribution in [3.8, 4) is 11.3 Å². The van der Waals surface area contributed by atoms with Crippen molar-refractivity contribution >= 4 is 5.82 Å². The second-order valence-electron chi connectivity index (χ2n) is 4.62. The third kappa shape index (κ3) is 1.80. The summed E-state index contributed by atoms with van der Waals surface area (Å²) in [5.41, 5.74) is 8.02. The molecule has 3 rings (SSSR count). The van der Waals surface area contributed by atoms with Crippen LogP contribution in [0.2, 0.25) is 0 Å². The van der Waals surface area contributed by atoms with Crippen LogP contribution >= 0.6 is 0 Å². The molecule has 2 heterocycles. The summed E-state index contributed by atoms with van der Waals surface area (Å²) in [5, 5.41) is 3.74. The smallest absolute Gasteiger partial charge is 0.169 e.